The number of fused-ring (bicyclic) bond motifs is 8. The smallest absolute Gasteiger partial charge is 0.0619 e. The van der Waals surface area contributed by atoms with E-state index < -0.39 is 0 Å². The molecule has 0 spiro atoms. The van der Waals surface area contributed by atoms with Gasteiger partial charge >= 0.3 is 0 Å². The minimum atomic E-state index is 1.10. The van der Waals surface area contributed by atoms with Crippen LogP contribution in [-0.2, 0) is 0 Å². The van der Waals surface area contributed by atoms with Crippen LogP contribution in [0.25, 0.3) is 80.7 Å². The van der Waals surface area contributed by atoms with Crippen LogP contribution in [-0.4, -0.2) is 4.57 Å². The van der Waals surface area contributed by atoms with Gasteiger partial charge in [-0.05, 0) is 82.7 Å². The number of para-hydroxylation sites is 1. The lowest BCUT2D eigenvalue weighted by atomic mass is 9.96. The number of hydrogen-bond donors (Lipinski definition) is 0. The minimum absolute atomic E-state index is 1.10. The van der Waals surface area contributed by atoms with E-state index in [-0.39, 0.29) is 0 Å². The largest absolute Gasteiger partial charge is 0.310 e. The maximum atomic E-state index is 2.44. The standard InChI is InChI=1S/C52H34N2S/c1-3-13-35(14-4-1)38-24-32-49(47(33-38)36-15-5-2-6-16-36)53(41-29-31-45-44-20-10-12-22-50(44)55-51(45)34-41)39-25-27-40(28-26-39)54-48-21-11-9-19-43(48)46-30-23-37-17-7-8-18-42(37)52(46)54/h1-34H. The summed E-state index contributed by atoms with van der Waals surface area (Å²) in [5.41, 5.74) is 11.7. The Bertz CT molecular complexity index is 3190. The first-order chi connectivity index (χ1) is 27.3. The first kappa shape index (κ1) is 31.6. The second-order valence-corrected chi connectivity index (χ2v) is 15.2. The molecule has 258 valence electrons. The molecule has 0 saturated heterocycles. The Hall–Kier alpha value is -6.94. The Labute approximate surface area is 323 Å². The minimum Gasteiger partial charge on any atom is -0.310 e. The van der Waals surface area contributed by atoms with Crippen LogP contribution in [0.1, 0.15) is 0 Å². The van der Waals surface area contributed by atoms with E-state index in [1.807, 2.05) is 11.3 Å². The predicted molar refractivity (Wildman–Crippen MR) is 237 cm³/mol. The summed E-state index contributed by atoms with van der Waals surface area (Å²) >= 11 is 1.86. The van der Waals surface area contributed by atoms with E-state index in [4.69, 9.17) is 0 Å². The molecule has 0 radical (unpaired) electrons. The van der Waals surface area contributed by atoms with Gasteiger partial charge in [0.25, 0.3) is 0 Å². The molecule has 0 N–H and O–H groups in total. The summed E-state index contributed by atoms with van der Waals surface area (Å²) in [5.74, 6) is 0. The summed E-state index contributed by atoms with van der Waals surface area (Å²) in [4.78, 5) is 2.44. The highest BCUT2D eigenvalue weighted by Gasteiger charge is 2.21. The van der Waals surface area contributed by atoms with Crippen LogP contribution in [0, 0.1) is 0 Å². The van der Waals surface area contributed by atoms with Gasteiger partial charge in [-0.15, -0.1) is 11.3 Å². The SMILES string of the molecule is c1ccc(-c2ccc(N(c3ccc(-n4c5ccccc5c5ccc6ccccc6c54)cc3)c3ccc4c(c3)sc3ccccc34)c(-c3ccccc3)c2)cc1. The Morgan fingerprint density at radius 1 is 0.382 bits per heavy atom. The molecule has 9 aromatic carbocycles. The van der Waals surface area contributed by atoms with Crippen LogP contribution in [0.5, 0.6) is 0 Å². The van der Waals surface area contributed by atoms with E-state index in [2.05, 4.69) is 216 Å². The zero-order chi connectivity index (χ0) is 36.3. The second-order valence-electron chi connectivity index (χ2n) is 14.1. The van der Waals surface area contributed by atoms with Crippen molar-refractivity contribution in [2.24, 2.45) is 0 Å². The average Bonchev–Trinajstić information content (AvgIpc) is 3.80. The first-order valence-corrected chi connectivity index (χ1v) is 19.6. The molecule has 0 amide bonds. The van der Waals surface area contributed by atoms with Crippen molar-refractivity contribution in [1.29, 1.82) is 0 Å². The molecule has 3 heteroatoms. The van der Waals surface area contributed by atoms with Crippen molar-refractivity contribution >= 4 is 81.1 Å². The molecule has 11 aromatic rings. The van der Waals surface area contributed by atoms with Crippen molar-refractivity contribution in [3.8, 4) is 27.9 Å². The van der Waals surface area contributed by atoms with Gasteiger partial charge in [0.1, 0.15) is 0 Å². The van der Waals surface area contributed by atoms with Gasteiger partial charge in [-0.3, -0.25) is 0 Å². The maximum absolute atomic E-state index is 2.44. The molecule has 11 rings (SSSR count). The highest BCUT2D eigenvalue weighted by atomic mass is 32.1. The van der Waals surface area contributed by atoms with Crippen molar-refractivity contribution in [3.05, 3.63) is 206 Å². The molecule has 0 unspecified atom stereocenters. The molecule has 2 heterocycles. The lowest BCUT2D eigenvalue weighted by molar-refractivity contribution is 1.18. The topological polar surface area (TPSA) is 8.17 Å². The van der Waals surface area contributed by atoms with Gasteiger partial charge in [-0.1, -0.05) is 146 Å². The van der Waals surface area contributed by atoms with Gasteiger partial charge in [-0.25, -0.2) is 0 Å². The number of anilines is 3. The fourth-order valence-electron chi connectivity index (χ4n) is 8.42. The monoisotopic (exact) mass is 718 g/mol. The Morgan fingerprint density at radius 3 is 1.84 bits per heavy atom. The number of aromatic nitrogens is 1. The van der Waals surface area contributed by atoms with E-state index in [1.165, 1.54) is 75.0 Å². The molecule has 0 saturated carbocycles. The Balaban J connectivity index is 1.14. The fraction of sp³-hybridized carbons (Fsp3) is 0. The van der Waals surface area contributed by atoms with Gasteiger partial charge < -0.3 is 9.47 Å². The average molecular weight is 719 g/mol. The van der Waals surface area contributed by atoms with Gasteiger partial charge in [0.05, 0.1) is 16.7 Å². The van der Waals surface area contributed by atoms with E-state index in [0.29, 0.717) is 0 Å². The third-order valence-corrected chi connectivity index (χ3v) is 12.1. The molecule has 0 fully saturated rings. The maximum Gasteiger partial charge on any atom is 0.0619 e. The molecule has 0 aliphatic heterocycles. The molecular weight excluding hydrogens is 685 g/mol. The van der Waals surface area contributed by atoms with Crippen molar-refractivity contribution in [2.45, 2.75) is 0 Å². The molecule has 2 nitrogen and oxygen atoms in total. The van der Waals surface area contributed by atoms with E-state index in [1.54, 1.807) is 0 Å². The molecule has 2 aromatic heterocycles. The molecule has 0 atom stereocenters. The summed E-state index contributed by atoms with van der Waals surface area (Å²) in [6.45, 7) is 0. The molecule has 0 aliphatic rings. The lowest BCUT2D eigenvalue weighted by Gasteiger charge is -2.29. The van der Waals surface area contributed by atoms with E-state index in [9.17, 15) is 0 Å². The summed E-state index contributed by atoms with van der Waals surface area (Å²) < 4.78 is 5.02. The second kappa shape index (κ2) is 12.9. The lowest BCUT2D eigenvalue weighted by Crippen LogP contribution is -2.11. The van der Waals surface area contributed by atoms with Crippen molar-refractivity contribution in [3.63, 3.8) is 0 Å². The highest BCUT2D eigenvalue weighted by Crippen LogP contribution is 2.45. The van der Waals surface area contributed by atoms with Gasteiger partial charge in [-0.2, -0.15) is 0 Å². The van der Waals surface area contributed by atoms with Crippen molar-refractivity contribution in [2.75, 3.05) is 4.90 Å². The summed E-state index contributed by atoms with van der Waals surface area (Å²) in [6, 6.07) is 75.2. The van der Waals surface area contributed by atoms with Crippen molar-refractivity contribution < 1.29 is 0 Å². The normalized spacial score (nSPS) is 11.6. The Morgan fingerprint density at radius 2 is 1.02 bits per heavy atom. The van der Waals surface area contributed by atoms with E-state index in [0.717, 1.165) is 22.7 Å². The van der Waals surface area contributed by atoms with Crippen LogP contribution < -0.4 is 4.90 Å². The molecule has 55 heavy (non-hydrogen) atoms. The first-order valence-electron chi connectivity index (χ1n) is 18.8. The third kappa shape index (κ3) is 5.24. The zero-order valence-corrected chi connectivity index (χ0v) is 30.7. The van der Waals surface area contributed by atoms with Crippen molar-refractivity contribution in [1.82, 2.24) is 4.57 Å². The van der Waals surface area contributed by atoms with Crippen LogP contribution in [0.3, 0.4) is 0 Å². The van der Waals surface area contributed by atoms with E-state index >= 15 is 0 Å². The highest BCUT2D eigenvalue weighted by molar-refractivity contribution is 7.25. The molecule has 0 aliphatic carbocycles. The fourth-order valence-corrected chi connectivity index (χ4v) is 9.56. The Kier molecular flexibility index (Phi) is 7.39. The summed E-state index contributed by atoms with van der Waals surface area (Å²) in [5, 5.41) is 7.62. The van der Waals surface area contributed by atoms with Gasteiger partial charge in [0.2, 0.25) is 0 Å². The third-order valence-electron chi connectivity index (χ3n) is 11.0. The van der Waals surface area contributed by atoms with Crippen LogP contribution >= 0.6 is 11.3 Å². The molecule has 0 bridgehead atoms. The van der Waals surface area contributed by atoms with Crippen LogP contribution in [0.15, 0.2) is 206 Å². The summed E-state index contributed by atoms with van der Waals surface area (Å²) in [7, 11) is 0. The number of hydrogen-bond acceptors (Lipinski definition) is 2. The van der Waals surface area contributed by atoms with Gasteiger partial charge in [0, 0.05) is 59.0 Å². The quantitative estimate of drug-likeness (QED) is 0.166. The molecular formula is C52H34N2S. The van der Waals surface area contributed by atoms with Gasteiger partial charge in [0.15, 0.2) is 0 Å². The number of thiophene rings is 1. The number of rotatable bonds is 6. The predicted octanol–water partition coefficient (Wildman–Crippen LogP) is 15.1. The summed E-state index contributed by atoms with van der Waals surface area (Å²) in [6.07, 6.45) is 0. The number of benzene rings is 9. The zero-order valence-electron chi connectivity index (χ0n) is 29.9. The van der Waals surface area contributed by atoms with Crippen LogP contribution in [0.4, 0.5) is 17.1 Å². The van der Waals surface area contributed by atoms with Crippen LogP contribution in [0.2, 0.25) is 0 Å². The number of nitrogens with zero attached hydrogens (tertiary/aromatic N) is 2.